The van der Waals surface area contributed by atoms with E-state index in [1.54, 1.807) is 13.8 Å². The van der Waals surface area contributed by atoms with Gasteiger partial charge in [0.15, 0.2) is 0 Å². The van der Waals surface area contributed by atoms with Gasteiger partial charge in [0.2, 0.25) is 0 Å². The molecule has 0 fully saturated rings. The van der Waals surface area contributed by atoms with Crippen LogP contribution in [-0.2, 0) is 9.53 Å². The number of ether oxygens (including phenoxy) is 1. The lowest BCUT2D eigenvalue weighted by Crippen LogP contribution is -2.35. The largest absolute Gasteiger partial charge is 0.455 e. The standard InChI is InChI=1S/C7H14O4/c1-5(9)6(10)11-7(2,3)4-8/h5,8-9H,4H2,1-3H3. The van der Waals surface area contributed by atoms with Crippen LogP contribution in [0.4, 0.5) is 0 Å². The predicted molar refractivity (Wildman–Crippen MR) is 38.9 cm³/mol. The molecule has 11 heavy (non-hydrogen) atoms. The number of carbonyl (C=O) groups excluding carboxylic acids is 1. The summed E-state index contributed by atoms with van der Waals surface area (Å²) in [6.07, 6.45) is -1.14. The number of hydrogen-bond donors (Lipinski definition) is 2. The Labute approximate surface area is 65.8 Å². The molecule has 0 aliphatic heterocycles. The van der Waals surface area contributed by atoms with E-state index >= 15 is 0 Å². The number of hydrogen-bond acceptors (Lipinski definition) is 4. The molecule has 0 heterocycles. The Morgan fingerprint density at radius 1 is 1.64 bits per heavy atom. The number of carbonyl (C=O) groups is 1. The fraction of sp³-hybridized carbons (Fsp3) is 0.857. The van der Waals surface area contributed by atoms with Crippen molar-refractivity contribution in [3.63, 3.8) is 0 Å². The number of esters is 1. The van der Waals surface area contributed by atoms with Crippen LogP contribution in [-0.4, -0.2) is 34.5 Å². The van der Waals surface area contributed by atoms with Gasteiger partial charge >= 0.3 is 5.97 Å². The van der Waals surface area contributed by atoms with E-state index in [9.17, 15) is 4.79 Å². The molecule has 0 aliphatic carbocycles. The highest BCUT2D eigenvalue weighted by molar-refractivity contribution is 5.74. The minimum absolute atomic E-state index is 0.258. The van der Waals surface area contributed by atoms with Crippen LogP contribution in [0, 0.1) is 0 Å². The number of aliphatic hydroxyl groups excluding tert-OH is 2. The van der Waals surface area contributed by atoms with Gasteiger partial charge in [-0.15, -0.1) is 0 Å². The average molecular weight is 162 g/mol. The predicted octanol–water partition coefficient (Wildman–Crippen LogP) is -0.319. The van der Waals surface area contributed by atoms with E-state index in [0.717, 1.165) is 0 Å². The highest BCUT2D eigenvalue weighted by Gasteiger charge is 2.23. The minimum atomic E-state index is -1.14. The molecular weight excluding hydrogens is 148 g/mol. The Bertz CT molecular complexity index is 139. The van der Waals surface area contributed by atoms with Gasteiger partial charge in [0.05, 0.1) is 6.61 Å². The van der Waals surface area contributed by atoms with Crippen LogP contribution in [0.25, 0.3) is 0 Å². The molecule has 66 valence electrons. The normalized spacial score (nSPS) is 14.3. The fourth-order valence-electron chi connectivity index (χ4n) is 0.390. The SMILES string of the molecule is CC(O)C(=O)OC(C)(C)CO. The van der Waals surface area contributed by atoms with E-state index in [-0.39, 0.29) is 6.61 Å². The minimum Gasteiger partial charge on any atom is -0.455 e. The van der Waals surface area contributed by atoms with Gasteiger partial charge in [-0.3, -0.25) is 0 Å². The zero-order valence-corrected chi connectivity index (χ0v) is 7.00. The van der Waals surface area contributed by atoms with Crippen molar-refractivity contribution >= 4 is 5.97 Å². The van der Waals surface area contributed by atoms with Crippen molar-refractivity contribution in [3.8, 4) is 0 Å². The molecule has 0 aromatic heterocycles. The van der Waals surface area contributed by atoms with Crippen molar-refractivity contribution in [1.29, 1.82) is 0 Å². The molecule has 4 heteroatoms. The van der Waals surface area contributed by atoms with Gasteiger partial charge in [0.25, 0.3) is 0 Å². The third kappa shape index (κ3) is 3.95. The van der Waals surface area contributed by atoms with Crippen molar-refractivity contribution in [2.45, 2.75) is 32.5 Å². The quantitative estimate of drug-likeness (QED) is 0.558. The molecular formula is C7H14O4. The van der Waals surface area contributed by atoms with Crippen LogP contribution in [0.3, 0.4) is 0 Å². The zero-order chi connectivity index (χ0) is 9.07. The van der Waals surface area contributed by atoms with Gasteiger partial charge < -0.3 is 14.9 Å². The van der Waals surface area contributed by atoms with Gasteiger partial charge in [-0.1, -0.05) is 0 Å². The van der Waals surface area contributed by atoms with Crippen molar-refractivity contribution in [2.75, 3.05) is 6.61 Å². The van der Waals surface area contributed by atoms with Crippen LogP contribution in [0.1, 0.15) is 20.8 Å². The lowest BCUT2D eigenvalue weighted by Gasteiger charge is -2.22. The van der Waals surface area contributed by atoms with Gasteiger partial charge in [-0.25, -0.2) is 4.79 Å². The van der Waals surface area contributed by atoms with E-state index in [2.05, 4.69) is 0 Å². The third-order valence-electron chi connectivity index (χ3n) is 1.10. The molecule has 2 N–H and O–H groups in total. The van der Waals surface area contributed by atoms with E-state index in [1.807, 2.05) is 0 Å². The van der Waals surface area contributed by atoms with E-state index in [0.29, 0.717) is 0 Å². The first-order chi connectivity index (χ1) is 4.89. The third-order valence-corrected chi connectivity index (χ3v) is 1.10. The summed E-state index contributed by atoms with van der Waals surface area (Å²) in [7, 11) is 0. The monoisotopic (exact) mass is 162 g/mol. The van der Waals surface area contributed by atoms with Gasteiger partial charge in [-0.05, 0) is 20.8 Å². The molecule has 1 unspecified atom stereocenters. The van der Waals surface area contributed by atoms with Crippen molar-refractivity contribution < 1.29 is 19.7 Å². The maximum Gasteiger partial charge on any atom is 0.335 e. The summed E-state index contributed by atoms with van der Waals surface area (Å²) in [4.78, 5) is 10.7. The molecule has 0 radical (unpaired) electrons. The summed E-state index contributed by atoms with van der Waals surface area (Å²) < 4.78 is 4.71. The van der Waals surface area contributed by atoms with Gasteiger partial charge in [0, 0.05) is 0 Å². The zero-order valence-electron chi connectivity index (χ0n) is 7.00. The van der Waals surface area contributed by atoms with Crippen LogP contribution in [0.2, 0.25) is 0 Å². The fourth-order valence-corrected chi connectivity index (χ4v) is 0.390. The van der Waals surface area contributed by atoms with Crippen molar-refractivity contribution in [3.05, 3.63) is 0 Å². The molecule has 4 nitrogen and oxygen atoms in total. The second-order valence-electron chi connectivity index (χ2n) is 3.01. The highest BCUT2D eigenvalue weighted by Crippen LogP contribution is 2.08. The Kier molecular flexibility index (Phi) is 3.48. The van der Waals surface area contributed by atoms with Crippen LogP contribution in [0.15, 0.2) is 0 Å². The molecule has 0 saturated carbocycles. The average Bonchev–Trinajstić information content (AvgIpc) is 1.87. The smallest absolute Gasteiger partial charge is 0.335 e. The molecule has 0 amide bonds. The second kappa shape index (κ2) is 3.69. The molecule has 0 saturated heterocycles. The van der Waals surface area contributed by atoms with Crippen LogP contribution >= 0.6 is 0 Å². The first-order valence-corrected chi connectivity index (χ1v) is 3.41. The molecule has 0 bridgehead atoms. The van der Waals surface area contributed by atoms with Crippen LogP contribution in [0.5, 0.6) is 0 Å². The summed E-state index contributed by atoms with van der Waals surface area (Å²) in [6.45, 7) is 4.18. The molecule has 0 aromatic rings. The Morgan fingerprint density at radius 3 is 2.36 bits per heavy atom. The van der Waals surface area contributed by atoms with Crippen LogP contribution < -0.4 is 0 Å². The second-order valence-corrected chi connectivity index (χ2v) is 3.01. The Balaban J connectivity index is 3.94. The summed E-state index contributed by atoms with van der Waals surface area (Å²) in [5.74, 6) is -0.718. The Morgan fingerprint density at radius 2 is 2.09 bits per heavy atom. The lowest BCUT2D eigenvalue weighted by atomic mass is 10.1. The molecule has 0 aliphatic rings. The van der Waals surface area contributed by atoms with Crippen molar-refractivity contribution in [2.24, 2.45) is 0 Å². The molecule has 0 rings (SSSR count). The van der Waals surface area contributed by atoms with Gasteiger partial charge in [-0.2, -0.15) is 0 Å². The van der Waals surface area contributed by atoms with Crippen molar-refractivity contribution in [1.82, 2.24) is 0 Å². The number of rotatable bonds is 3. The Hall–Kier alpha value is -0.610. The number of aliphatic hydroxyl groups is 2. The summed E-state index contributed by atoms with van der Waals surface area (Å²) in [6, 6.07) is 0. The maximum atomic E-state index is 10.7. The first kappa shape index (κ1) is 10.4. The van der Waals surface area contributed by atoms with Gasteiger partial charge in [0.1, 0.15) is 11.7 Å². The van der Waals surface area contributed by atoms with E-state index in [1.165, 1.54) is 6.92 Å². The topological polar surface area (TPSA) is 66.8 Å². The lowest BCUT2D eigenvalue weighted by molar-refractivity contribution is -0.169. The summed E-state index contributed by atoms with van der Waals surface area (Å²) in [5, 5.41) is 17.4. The molecule has 0 spiro atoms. The maximum absolute atomic E-state index is 10.7. The molecule has 0 aromatic carbocycles. The van der Waals surface area contributed by atoms with E-state index < -0.39 is 17.7 Å². The first-order valence-electron chi connectivity index (χ1n) is 3.41. The molecule has 1 atom stereocenters. The van der Waals surface area contributed by atoms with E-state index in [4.69, 9.17) is 14.9 Å². The summed E-state index contributed by atoms with van der Waals surface area (Å²) >= 11 is 0. The highest BCUT2D eigenvalue weighted by atomic mass is 16.6. The summed E-state index contributed by atoms with van der Waals surface area (Å²) in [5.41, 5.74) is -0.909.